The molecule has 1 aliphatic carbocycles. The highest BCUT2D eigenvalue weighted by atomic mass is 32.2. The lowest BCUT2D eigenvalue weighted by Gasteiger charge is -2.24. The molecule has 5 rings (SSSR count). The van der Waals surface area contributed by atoms with Gasteiger partial charge >= 0.3 is 0 Å². The largest absolute Gasteiger partial charge is 0.325 e. The smallest absolute Gasteiger partial charge is 0.263 e. The molecule has 1 aromatic heterocycles. The summed E-state index contributed by atoms with van der Waals surface area (Å²) in [5.74, 6) is 0.358. The van der Waals surface area contributed by atoms with Crippen LogP contribution in [0.15, 0.2) is 69.6 Å². The quantitative estimate of drug-likeness (QED) is 0.312. The number of anilines is 1. The molecule has 5 nitrogen and oxygen atoms in total. The van der Waals surface area contributed by atoms with Crippen LogP contribution in [-0.2, 0) is 4.79 Å². The number of amides is 1. The Balaban J connectivity index is 1.49. The monoisotopic (exact) mass is 463 g/mol. The molecule has 7 heteroatoms. The Morgan fingerprint density at radius 1 is 1.16 bits per heavy atom. The van der Waals surface area contributed by atoms with Crippen LogP contribution in [0.1, 0.15) is 42.7 Å². The van der Waals surface area contributed by atoms with Crippen molar-refractivity contribution < 1.29 is 4.79 Å². The van der Waals surface area contributed by atoms with Gasteiger partial charge in [-0.1, -0.05) is 54.9 Å². The molecule has 3 aromatic rings. The molecule has 0 spiro atoms. The maximum atomic E-state index is 13.8. The number of rotatable bonds is 5. The topological polar surface area (TPSA) is 64.0 Å². The number of hydrogen-bond donors (Lipinski definition) is 1. The van der Waals surface area contributed by atoms with Crippen LogP contribution in [-0.4, -0.2) is 26.5 Å². The number of para-hydroxylation sites is 1. The lowest BCUT2D eigenvalue weighted by molar-refractivity contribution is -0.113. The summed E-state index contributed by atoms with van der Waals surface area (Å²) in [5.41, 5.74) is 3.54. The molecular formula is C25H25N3O2S2. The number of fused-ring (bicyclic) bond motifs is 3. The van der Waals surface area contributed by atoms with E-state index in [-0.39, 0.29) is 17.2 Å². The molecule has 0 bridgehead atoms. The maximum Gasteiger partial charge on any atom is 0.263 e. The molecule has 0 radical (unpaired) electrons. The Morgan fingerprint density at radius 3 is 2.78 bits per heavy atom. The third-order valence-electron chi connectivity index (χ3n) is 6.04. The van der Waals surface area contributed by atoms with Gasteiger partial charge in [0.25, 0.3) is 5.56 Å². The number of aryl methyl sites for hydroxylation is 1. The maximum absolute atomic E-state index is 13.8. The molecule has 164 valence electrons. The first kappa shape index (κ1) is 21.3. The molecule has 1 amide bonds. The van der Waals surface area contributed by atoms with Crippen LogP contribution < -0.4 is 10.9 Å². The summed E-state index contributed by atoms with van der Waals surface area (Å²) in [7, 11) is 0. The van der Waals surface area contributed by atoms with Crippen molar-refractivity contribution in [1.29, 1.82) is 0 Å². The van der Waals surface area contributed by atoms with Crippen molar-refractivity contribution in [3.8, 4) is 5.69 Å². The first-order chi connectivity index (χ1) is 15.6. The number of nitrogens with one attached hydrogen (secondary N) is 1. The molecule has 0 unspecified atom stereocenters. The van der Waals surface area contributed by atoms with E-state index in [1.165, 1.54) is 24.6 Å². The van der Waals surface area contributed by atoms with E-state index in [2.05, 4.69) is 5.32 Å². The van der Waals surface area contributed by atoms with E-state index in [0.717, 1.165) is 40.4 Å². The minimum Gasteiger partial charge on any atom is -0.325 e. The average molecular weight is 464 g/mol. The van der Waals surface area contributed by atoms with Crippen molar-refractivity contribution in [3.05, 3.63) is 76.1 Å². The summed E-state index contributed by atoms with van der Waals surface area (Å²) in [6.07, 6.45) is 4.58. The summed E-state index contributed by atoms with van der Waals surface area (Å²) in [5, 5.41) is 4.80. The number of benzene rings is 2. The number of thioether (sulfide) groups is 2. The van der Waals surface area contributed by atoms with Crippen molar-refractivity contribution in [2.75, 3.05) is 11.1 Å². The summed E-state index contributed by atoms with van der Waals surface area (Å²) in [6.45, 7) is 2.02. The fourth-order valence-electron chi connectivity index (χ4n) is 4.55. The average Bonchev–Trinajstić information content (AvgIpc) is 3.17. The van der Waals surface area contributed by atoms with Gasteiger partial charge < -0.3 is 5.32 Å². The van der Waals surface area contributed by atoms with Gasteiger partial charge in [0.05, 0.1) is 17.0 Å². The van der Waals surface area contributed by atoms with Crippen LogP contribution in [0.25, 0.3) is 5.69 Å². The Kier molecular flexibility index (Phi) is 6.11. The molecule has 32 heavy (non-hydrogen) atoms. The van der Waals surface area contributed by atoms with Crippen molar-refractivity contribution >= 4 is 35.1 Å². The van der Waals surface area contributed by atoms with Crippen molar-refractivity contribution in [2.45, 2.75) is 54.0 Å². The van der Waals surface area contributed by atoms with Crippen LogP contribution in [0.3, 0.4) is 0 Å². The normalized spacial score (nSPS) is 19.3. The number of aromatic nitrogens is 2. The lowest BCUT2D eigenvalue weighted by Crippen LogP contribution is -2.29. The van der Waals surface area contributed by atoms with E-state index in [4.69, 9.17) is 4.98 Å². The highest BCUT2D eigenvalue weighted by Gasteiger charge is 2.39. The summed E-state index contributed by atoms with van der Waals surface area (Å²) in [6, 6.07) is 17.3. The van der Waals surface area contributed by atoms with Crippen LogP contribution in [0.2, 0.25) is 0 Å². The standard InChI is InChI=1S/C25H25N3O2S2/c1-16-8-7-11-18(14-16)28-24(30)22-19-12-5-6-13-20(19)32-23(22)27-25(28)31-15-21(29)26-17-9-3-2-4-10-17/h2-4,7-11,14,19-20H,5-6,12-13,15H2,1H3,(H,26,29)/t19-,20+/m0/s1. The van der Waals surface area contributed by atoms with Crippen molar-refractivity contribution in [1.82, 2.24) is 9.55 Å². The zero-order chi connectivity index (χ0) is 22.1. The molecule has 2 heterocycles. The van der Waals surface area contributed by atoms with Gasteiger partial charge in [-0.3, -0.25) is 14.2 Å². The van der Waals surface area contributed by atoms with E-state index < -0.39 is 0 Å². The summed E-state index contributed by atoms with van der Waals surface area (Å²) < 4.78 is 1.71. The number of carbonyl (C=O) groups excluding carboxylic acids is 1. The van der Waals surface area contributed by atoms with Gasteiger partial charge in [0.1, 0.15) is 5.03 Å². The van der Waals surface area contributed by atoms with E-state index in [9.17, 15) is 9.59 Å². The van der Waals surface area contributed by atoms with Crippen LogP contribution in [0.5, 0.6) is 0 Å². The van der Waals surface area contributed by atoms with Crippen LogP contribution in [0, 0.1) is 6.92 Å². The molecule has 1 fully saturated rings. The zero-order valence-electron chi connectivity index (χ0n) is 17.9. The van der Waals surface area contributed by atoms with Gasteiger partial charge in [-0.25, -0.2) is 4.98 Å². The predicted octanol–water partition coefficient (Wildman–Crippen LogP) is 5.40. The fraction of sp³-hybridized carbons (Fsp3) is 0.320. The Hall–Kier alpha value is -2.51. The third-order valence-corrected chi connectivity index (χ3v) is 8.38. The lowest BCUT2D eigenvalue weighted by atomic mass is 9.85. The summed E-state index contributed by atoms with van der Waals surface area (Å²) in [4.78, 5) is 31.3. The molecule has 0 saturated heterocycles. The number of hydrogen-bond acceptors (Lipinski definition) is 5. The molecule has 1 N–H and O–H groups in total. The van der Waals surface area contributed by atoms with Crippen LogP contribution >= 0.6 is 23.5 Å². The summed E-state index contributed by atoms with van der Waals surface area (Å²) >= 11 is 3.07. The highest BCUT2D eigenvalue weighted by Crippen LogP contribution is 2.50. The van der Waals surface area contributed by atoms with Crippen molar-refractivity contribution in [2.24, 2.45) is 0 Å². The molecule has 2 atom stereocenters. The molecule has 1 saturated carbocycles. The molecular weight excluding hydrogens is 438 g/mol. The van der Waals surface area contributed by atoms with Gasteiger partial charge in [-0.05, 0) is 49.6 Å². The Morgan fingerprint density at radius 2 is 1.97 bits per heavy atom. The SMILES string of the molecule is Cc1cccc(-n2c(SCC(=O)Nc3ccccc3)nc3c(c2=O)[C@H]2CCCC[C@H]2S3)c1. The zero-order valence-corrected chi connectivity index (χ0v) is 19.5. The van der Waals surface area contributed by atoms with Crippen LogP contribution in [0.4, 0.5) is 5.69 Å². The van der Waals surface area contributed by atoms with E-state index in [1.807, 2.05) is 61.5 Å². The van der Waals surface area contributed by atoms with Gasteiger partial charge in [0, 0.05) is 16.9 Å². The number of nitrogens with zero attached hydrogens (tertiary/aromatic N) is 2. The van der Waals surface area contributed by atoms with Crippen molar-refractivity contribution in [3.63, 3.8) is 0 Å². The highest BCUT2D eigenvalue weighted by molar-refractivity contribution is 8.00. The Labute approximate surface area is 196 Å². The second kappa shape index (κ2) is 9.16. The third kappa shape index (κ3) is 4.24. The number of carbonyl (C=O) groups is 1. The van der Waals surface area contributed by atoms with Gasteiger partial charge in [0.15, 0.2) is 5.16 Å². The van der Waals surface area contributed by atoms with E-state index in [1.54, 1.807) is 16.3 Å². The Bertz CT molecular complexity index is 1210. The predicted molar refractivity (Wildman–Crippen MR) is 131 cm³/mol. The first-order valence-corrected chi connectivity index (χ1v) is 12.8. The van der Waals surface area contributed by atoms with Gasteiger partial charge in [-0.2, -0.15) is 0 Å². The van der Waals surface area contributed by atoms with Gasteiger partial charge in [-0.15, -0.1) is 11.8 Å². The minimum absolute atomic E-state index is 0.0217. The minimum atomic E-state index is -0.118. The fourth-order valence-corrected chi connectivity index (χ4v) is 6.93. The second-order valence-corrected chi connectivity index (χ2v) is 10.5. The van der Waals surface area contributed by atoms with E-state index in [0.29, 0.717) is 16.3 Å². The first-order valence-electron chi connectivity index (χ1n) is 11.0. The van der Waals surface area contributed by atoms with E-state index >= 15 is 0 Å². The molecule has 2 aromatic carbocycles. The van der Waals surface area contributed by atoms with Gasteiger partial charge in [0.2, 0.25) is 5.91 Å². The molecule has 1 aliphatic heterocycles. The molecule has 2 aliphatic rings. The second-order valence-electron chi connectivity index (χ2n) is 8.34.